The molecule has 0 aliphatic rings. The zero-order chi connectivity index (χ0) is 13.8. The molecule has 2 N–H and O–H groups in total. The Balaban J connectivity index is 1.54. The lowest BCUT2D eigenvalue weighted by atomic mass is 10.1. The molecule has 0 spiro atoms. The second-order valence-corrected chi connectivity index (χ2v) is 4.91. The molecule has 3 aromatic rings. The first-order chi connectivity index (χ1) is 9.83. The molecule has 2 aromatic carbocycles. The fourth-order valence-electron chi connectivity index (χ4n) is 2.38. The van der Waals surface area contributed by atoms with Crippen molar-refractivity contribution in [2.75, 3.05) is 6.54 Å². The van der Waals surface area contributed by atoms with Gasteiger partial charge in [0.05, 0.1) is 0 Å². The number of rotatable bonds is 5. The van der Waals surface area contributed by atoms with E-state index in [0.717, 1.165) is 25.1 Å². The van der Waals surface area contributed by atoms with Gasteiger partial charge in [0.1, 0.15) is 5.82 Å². The number of fused-ring (bicyclic) bond motifs is 1. The first-order valence-electron chi connectivity index (χ1n) is 6.83. The van der Waals surface area contributed by atoms with Crippen molar-refractivity contribution in [1.29, 1.82) is 0 Å². The van der Waals surface area contributed by atoms with Gasteiger partial charge in [0, 0.05) is 23.6 Å². The molecule has 3 heteroatoms. The molecule has 0 bridgehead atoms. The summed E-state index contributed by atoms with van der Waals surface area (Å²) in [6, 6.07) is 15.0. The van der Waals surface area contributed by atoms with E-state index < -0.39 is 0 Å². The van der Waals surface area contributed by atoms with E-state index >= 15 is 0 Å². The van der Waals surface area contributed by atoms with E-state index in [2.05, 4.69) is 34.7 Å². The van der Waals surface area contributed by atoms with Crippen LogP contribution in [-0.2, 0) is 13.0 Å². The van der Waals surface area contributed by atoms with Crippen LogP contribution in [0.1, 0.15) is 11.1 Å². The first kappa shape index (κ1) is 12.9. The second-order valence-electron chi connectivity index (χ2n) is 4.91. The molecule has 1 heterocycles. The minimum absolute atomic E-state index is 0.180. The third kappa shape index (κ3) is 2.89. The Hall–Kier alpha value is -2.13. The number of benzene rings is 2. The van der Waals surface area contributed by atoms with Crippen molar-refractivity contribution >= 4 is 10.9 Å². The molecule has 102 valence electrons. The van der Waals surface area contributed by atoms with Gasteiger partial charge in [-0.2, -0.15) is 0 Å². The molecular formula is C17H17FN2. The van der Waals surface area contributed by atoms with Gasteiger partial charge in [0.2, 0.25) is 0 Å². The van der Waals surface area contributed by atoms with Crippen molar-refractivity contribution in [1.82, 2.24) is 10.3 Å². The fraction of sp³-hybridized carbons (Fsp3) is 0.176. The Kier molecular flexibility index (Phi) is 3.79. The van der Waals surface area contributed by atoms with Crippen LogP contribution in [0.5, 0.6) is 0 Å². The summed E-state index contributed by atoms with van der Waals surface area (Å²) in [4.78, 5) is 3.27. The van der Waals surface area contributed by atoms with Gasteiger partial charge in [-0.15, -0.1) is 0 Å². The minimum Gasteiger partial charge on any atom is -0.361 e. The topological polar surface area (TPSA) is 27.8 Å². The van der Waals surface area contributed by atoms with Gasteiger partial charge in [-0.3, -0.25) is 0 Å². The summed E-state index contributed by atoms with van der Waals surface area (Å²) < 4.78 is 12.8. The average Bonchev–Trinajstić information content (AvgIpc) is 2.89. The predicted octanol–water partition coefficient (Wildman–Crippen LogP) is 3.64. The fourth-order valence-corrected chi connectivity index (χ4v) is 2.38. The Morgan fingerprint density at radius 1 is 1.00 bits per heavy atom. The smallest absolute Gasteiger partial charge is 0.123 e. The summed E-state index contributed by atoms with van der Waals surface area (Å²) in [5.74, 6) is -0.180. The Morgan fingerprint density at radius 3 is 2.65 bits per heavy atom. The summed E-state index contributed by atoms with van der Waals surface area (Å²) >= 11 is 0. The number of nitrogens with one attached hydrogen (secondary N) is 2. The van der Waals surface area contributed by atoms with Crippen LogP contribution in [0.25, 0.3) is 10.9 Å². The highest BCUT2D eigenvalue weighted by Crippen LogP contribution is 2.17. The maximum absolute atomic E-state index is 12.8. The normalized spacial score (nSPS) is 11.1. The van der Waals surface area contributed by atoms with Gasteiger partial charge >= 0.3 is 0 Å². The van der Waals surface area contributed by atoms with Crippen molar-refractivity contribution in [2.45, 2.75) is 13.0 Å². The number of halogens is 1. The maximum Gasteiger partial charge on any atom is 0.123 e. The molecule has 3 rings (SSSR count). The van der Waals surface area contributed by atoms with E-state index in [9.17, 15) is 4.39 Å². The van der Waals surface area contributed by atoms with E-state index in [1.54, 1.807) is 0 Å². The second kappa shape index (κ2) is 5.88. The molecule has 0 atom stereocenters. The number of hydrogen-bond acceptors (Lipinski definition) is 1. The van der Waals surface area contributed by atoms with Crippen LogP contribution in [0, 0.1) is 5.82 Å². The Labute approximate surface area is 117 Å². The van der Waals surface area contributed by atoms with Crippen LogP contribution in [-0.4, -0.2) is 11.5 Å². The lowest BCUT2D eigenvalue weighted by Gasteiger charge is -2.04. The van der Waals surface area contributed by atoms with Crippen molar-refractivity contribution in [3.63, 3.8) is 0 Å². The molecule has 0 saturated carbocycles. The average molecular weight is 268 g/mol. The summed E-state index contributed by atoms with van der Waals surface area (Å²) in [5, 5.41) is 4.69. The van der Waals surface area contributed by atoms with E-state index in [1.165, 1.54) is 28.6 Å². The molecule has 2 nitrogen and oxygen atoms in total. The standard InChI is InChI=1S/C17H17FN2/c18-15-7-5-13(6-8-15)9-10-19-11-14-12-20-17-4-2-1-3-16(14)17/h1-8,12,19-20H,9-11H2. The highest BCUT2D eigenvalue weighted by molar-refractivity contribution is 5.82. The van der Waals surface area contributed by atoms with Crippen molar-refractivity contribution < 1.29 is 4.39 Å². The number of H-pyrrole nitrogens is 1. The van der Waals surface area contributed by atoms with Crippen LogP contribution >= 0.6 is 0 Å². The number of para-hydroxylation sites is 1. The van der Waals surface area contributed by atoms with Gasteiger partial charge in [0.15, 0.2) is 0 Å². The SMILES string of the molecule is Fc1ccc(CCNCc2c[nH]c3ccccc23)cc1. The Bertz CT molecular complexity index is 686. The number of aromatic amines is 1. The predicted molar refractivity (Wildman–Crippen MR) is 80.1 cm³/mol. The molecule has 0 fully saturated rings. The third-order valence-corrected chi connectivity index (χ3v) is 3.49. The molecule has 0 radical (unpaired) electrons. The molecule has 0 saturated heterocycles. The van der Waals surface area contributed by atoms with Gasteiger partial charge in [-0.05, 0) is 42.3 Å². The monoisotopic (exact) mass is 268 g/mol. The van der Waals surface area contributed by atoms with Crippen LogP contribution < -0.4 is 5.32 Å². The Morgan fingerprint density at radius 2 is 1.80 bits per heavy atom. The highest BCUT2D eigenvalue weighted by atomic mass is 19.1. The minimum atomic E-state index is -0.180. The maximum atomic E-state index is 12.8. The molecule has 0 amide bonds. The van der Waals surface area contributed by atoms with Crippen LogP contribution in [0.3, 0.4) is 0 Å². The quantitative estimate of drug-likeness (QED) is 0.679. The molecule has 0 unspecified atom stereocenters. The van der Waals surface area contributed by atoms with Gasteiger partial charge < -0.3 is 10.3 Å². The summed E-state index contributed by atoms with van der Waals surface area (Å²) in [7, 11) is 0. The van der Waals surface area contributed by atoms with Gasteiger partial charge in [0.25, 0.3) is 0 Å². The molecule has 0 aliphatic carbocycles. The molecule has 20 heavy (non-hydrogen) atoms. The van der Waals surface area contributed by atoms with Crippen LogP contribution in [0.4, 0.5) is 4.39 Å². The summed E-state index contributed by atoms with van der Waals surface area (Å²) in [6.07, 6.45) is 2.96. The lowest BCUT2D eigenvalue weighted by Crippen LogP contribution is -2.16. The van der Waals surface area contributed by atoms with Crippen molar-refractivity contribution in [2.24, 2.45) is 0 Å². The summed E-state index contributed by atoms with van der Waals surface area (Å²) in [5.41, 5.74) is 3.60. The van der Waals surface area contributed by atoms with Crippen molar-refractivity contribution in [3.05, 3.63) is 71.7 Å². The van der Waals surface area contributed by atoms with E-state index in [4.69, 9.17) is 0 Å². The molecule has 0 aliphatic heterocycles. The number of aromatic nitrogens is 1. The van der Waals surface area contributed by atoms with Crippen LogP contribution in [0.2, 0.25) is 0 Å². The van der Waals surface area contributed by atoms with E-state index in [0.29, 0.717) is 0 Å². The van der Waals surface area contributed by atoms with Crippen LogP contribution in [0.15, 0.2) is 54.7 Å². The van der Waals surface area contributed by atoms with Crippen molar-refractivity contribution in [3.8, 4) is 0 Å². The lowest BCUT2D eigenvalue weighted by molar-refractivity contribution is 0.626. The molecular weight excluding hydrogens is 251 g/mol. The van der Waals surface area contributed by atoms with E-state index in [1.807, 2.05) is 18.2 Å². The number of hydrogen-bond donors (Lipinski definition) is 2. The van der Waals surface area contributed by atoms with Gasteiger partial charge in [-0.25, -0.2) is 4.39 Å². The first-order valence-corrected chi connectivity index (χ1v) is 6.83. The zero-order valence-electron chi connectivity index (χ0n) is 11.2. The zero-order valence-corrected chi connectivity index (χ0v) is 11.2. The van der Waals surface area contributed by atoms with Gasteiger partial charge in [-0.1, -0.05) is 30.3 Å². The third-order valence-electron chi connectivity index (χ3n) is 3.49. The van der Waals surface area contributed by atoms with E-state index in [-0.39, 0.29) is 5.82 Å². The largest absolute Gasteiger partial charge is 0.361 e. The highest BCUT2D eigenvalue weighted by Gasteiger charge is 2.02. The molecule has 1 aromatic heterocycles. The summed E-state index contributed by atoms with van der Waals surface area (Å²) in [6.45, 7) is 1.72.